The Labute approximate surface area is 74.7 Å². The molecule has 0 aromatic heterocycles. The molecule has 0 saturated heterocycles. The van der Waals surface area contributed by atoms with Crippen LogP contribution in [0.2, 0.25) is 0 Å². The highest BCUT2D eigenvalue weighted by Gasteiger charge is 2.09. The Hall–Kier alpha value is -0.860. The van der Waals surface area contributed by atoms with E-state index >= 15 is 0 Å². The molecule has 0 fully saturated rings. The first kappa shape index (κ1) is 11.1. The van der Waals surface area contributed by atoms with E-state index in [0.29, 0.717) is 11.8 Å². The summed E-state index contributed by atoms with van der Waals surface area (Å²) in [5, 5.41) is 7.26. The first-order chi connectivity index (χ1) is 5.50. The largest absolute Gasteiger partial charge is 0.305 e. The molecule has 0 aliphatic carbocycles. The molecule has 0 atom stereocenters. The van der Waals surface area contributed by atoms with Gasteiger partial charge >= 0.3 is 0 Å². The number of hydrogen-bond acceptors (Lipinski definition) is 2. The molecule has 0 aromatic carbocycles. The average Bonchev–Trinajstić information content (AvgIpc) is 1.98. The lowest BCUT2D eigenvalue weighted by molar-refractivity contribution is 0.668. The monoisotopic (exact) mass is 169 g/mol. The Morgan fingerprint density at radius 3 is 1.83 bits per heavy atom. The van der Waals surface area contributed by atoms with Crippen molar-refractivity contribution in [3.8, 4) is 0 Å². The van der Waals surface area contributed by atoms with E-state index in [2.05, 4.69) is 45.0 Å². The lowest BCUT2D eigenvalue weighted by Crippen LogP contribution is -2.00. The second-order valence-corrected chi connectivity index (χ2v) is 3.59. The predicted molar refractivity (Wildman–Crippen MR) is 51.4 cm³/mol. The van der Waals surface area contributed by atoms with Crippen LogP contribution < -0.4 is 5.84 Å². The summed E-state index contributed by atoms with van der Waals surface area (Å²) in [6, 6.07) is 0. The summed E-state index contributed by atoms with van der Waals surface area (Å²) in [6.07, 6.45) is 0. The molecule has 0 saturated carbocycles. The smallest absolute Gasteiger partial charge is 0.0664 e. The molecule has 0 bridgehead atoms. The molecule has 0 amide bonds. The molecule has 0 heterocycles. The van der Waals surface area contributed by atoms with Crippen LogP contribution in [0.15, 0.2) is 21.6 Å². The topological polar surface area (TPSA) is 50.7 Å². The summed E-state index contributed by atoms with van der Waals surface area (Å²) in [7, 11) is 0. The maximum atomic E-state index is 5.03. The SMILES string of the molecule is C/C(=C(\N=NN)C(C)C)C(C)C. The Kier molecular flexibility index (Phi) is 4.55. The Balaban J connectivity index is 4.80. The first-order valence-electron chi connectivity index (χ1n) is 4.32. The van der Waals surface area contributed by atoms with Gasteiger partial charge in [-0.25, -0.2) is 0 Å². The van der Waals surface area contributed by atoms with E-state index < -0.39 is 0 Å². The highest BCUT2D eigenvalue weighted by Crippen LogP contribution is 2.21. The summed E-state index contributed by atoms with van der Waals surface area (Å²) in [5.41, 5.74) is 2.27. The summed E-state index contributed by atoms with van der Waals surface area (Å²) >= 11 is 0. The van der Waals surface area contributed by atoms with Gasteiger partial charge in [0.2, 0.25) is 0 Å². The predicted octanol–water partition coefficient (Wildman–Crippen LogP) is 2.90. The Morgan fingerprint density at radius 1 is 1.08 bits per heavy atom. The zero-order valence-corrected chi connectivity index (χ0v) is 8.63. The van der Waals surface area contributed by atoms with Gasteiger partial charge in [-0.1, -0.05) is 32.9 Å². The summed E-state index contributed by atoms with van der Waals surface area (Å²) in [5.74, 6) is 5.93. The third kappa shape index (κ3) is 3.03. The van der Waals surface area contributed by atoms with Crippen LogP contribution in [-0.4, -0.2) is 0 Å². The molecule has 0 aromatic rings. The molecule has 0 spiro atoms. The van der Waals surface area contributed by atoms with Crippen LogP contribution in [0, 0.1) is 11.8 Å². The van der Waals surface area contributed by atoms with Crippen LogP contribution in [-0.2, 0) is 0 Å². The van der Waals surface area contributed by atoms with Crippen molar-refractivity contribution in [2.24, 2.45) is 28.0 Å². The fraction of sp³-hybridized carbons (Fsp3) is 0.778. The van der Waals surface area contributed by atoms with Gasteiger partial charge in [0.05, 0.1) is 5.70 Å². The fourth-order valence-corrected chi connectivity index (χ4v) is 1.01. The van der Waals surface area contributed by atoms with Crippen LogP contribution in [0.1, 0.15) is 34.6 Å². The van der Waals surface area contributed by atoms with Crippen molar-refractivity contribution in [1.29, 1.82) is 0 Å². The van der Waals surface area contributed by atoms with Crippen LogP contribution in [0.3, 0.4) is 0 Å². The highest BCUT2D eigenvalue weighted by molar-refractivity contribution is 5.13. The molecule has 0 aliphatic heterocycles. The normalized spacial score (nSPS) is 14.6. The standard InChI is InChI=1S/C9H19N3/c1-6(2)8(5)9(7(3)4)11-12-10/h6-7H,1-5H3,(H2,10,11)/b9-8+. The molecule has 70 valence electrons. The van der Waals surface area contributed by atoms with Gasteiger partial charge in [0, 0.05) is 0 Å². The second kappa shape index (κ2) is 4.91. The van der Waals surface area contributed by atoms with Crippen LogP contribution in [0.25, 0.3) is 0 Å². The van der Waals surface area contributed by atoms with E-state index in [4.69, 9.17) is 5.84 Å². The summed E-state index contributed by atoms with van der Waals surface area (Å²) < 4.78 is 0. The minimum Gasteiger partial charge on any atom is -0.305 e. The van der Waals surface area contributed by atoms with Gasteiger partial charge in [0.25, 0.3) is 0 Å². The van der Waals surface area contributed by atoms with Gasteiger partial charge < -0.3 is 5.84 Å². The van der Waals surface area contributed by atoms with Crippen molar-refractivity contribution < 1.29 is 0 Å². The lowest BCUT2D eigenvalue weighted by atomic mass is 9.97. The number of hydrogen-bond donors (Lipinski definition) is 1. The molecule has 0 unspecified atom stereocenters. The molecule has 3 nitrogen and oxygen atoms in total. The van der Waals surface area contributed by atoms with Crippen molar-refractivity contribution in [2.75, 3.05) is 0 Å². The van der Waals surface area contributed by atoms with Gasteiger partial charge in [-0.15, -0.1) is 5.11 Å². The van der Waals surface area contributed by atoms with Gasteiger partial charge in [-0.3, -0.25) is 0 Å². The minimum atomic E-state index is 0.389. The zero-order valence-electron chi connectivity index (χ0n) is 8.63. The maximum absolute atomic E-state index is 5.03. The van der Waals surface area contributed by atoms with E-state index in [0.717, 1.165) is 5.70 Å². The van der Waals surface area contributed by atoms with E-state index in [9.17, 15) is 0 Å². The number of nitrogens with zero attached hydrogens (tertiary/aromatic N) is 2. The van der Waals surface area contributed by atoms with Gasteiger partial charge in [0.15, 0.2) is 0 Å². The van der Waals surface area contributed by atoms with E-state index in [1.165, 1.54) is 5.57 Å². The minimum absolute atomic E-state index is 0.389. The van der Waals surface area contributed by atoms with Crippen LogP contribution in [0.4, 0.5) is 0 Å². The third-order valence-corrected chi connectivity index (χ3v) is 1.98. The quantitative estimate of drug-likeness (QED) is 0.394. The molecule has 0 rings (SSSR count). The van der Waals surface area contributed by atoms with Crippen LogP contribution >= 0.6 is 0 Å². The van der Waals surface area contributed by atoms with Gasteiger partial charge in [-0.2, -0.15) is 0 Å². The summed E-state index contributed by atoms with van der Waals surface area (Å²) in [4.78, 5) is 0. The zero-order chi connectivity index (χ0) is 9.72. The lowest BCUT2D eigenvalue weighted by Gasteiger charge is -2.12. The summed E-state index contributed by atoms with van der Waals surface area (Å²) in [6.45, 7) is 10.5. The van der Waals surface area contributed by atoms with Crippen molar-refractivity contribution >= 4 is 0 Å². The first-order valence-corrected chi connectivity index (χ1v) is 4.32. The van der Waals surface area contributed by atoms with Gasteiger partial charge in [0.1, 0.15) is 0 Å². The van der Waals surface area contributed by atoms with E-state index in [-0.39, 0.29) is 0 Å². The number of rotatable bonds is 3. The average molecular weight is 169 g/mol. The van der Waals surface area contributed by atoms with Gasteiger partial charge in [-0.05, 0) is 24.3 Å². The number of allylic oxidation sites excluding steroid dienone is 2. The van der Waals surface area contributed by atoms with Crippen molar-refractivity contribution in [1.82, 2.24) is 0 Å². The maximum Gasteiger partial charge on any atom is 0.0664 e. The molecule has 0 aliphatic rings. The number of nitrogens with two attached hydrogens (primary N) is 1. The second-order valence-electron chi connectivity index (χ2n) is 3.59. The molecule has 2 N–H and O–H groups in total. The highest BCUT2D eigenvalue weighted by atomic mass is 15.3. The Morgan fingerprint density at radius 2 is 1.58 bits per heavy atom. The molecular weight excluding hydrogens is 150 g/mol. The van der Waals surface area contributed by atoms with Crippen molar-refractivity contribution in [2.45, 2.75) is 34.6 Å². The Bertz CT molecular complexity index is 190. The van der Waals surface area contributed by atoms with Crippen LogP contribution in [0.5, 0.6) is 0 Å². The van der Waals surface area contributed by atoms with E-state index in [1.807, 2.05) is 0 Å². The van der Waals surface area contributed by atoms with E-state index in [1.54, 1.807) is 0 Å². The fourth-order valence-electron chi connectivity index (χ4n) is 1.01. The van der Waals surface area contributed by atoms with Crippen molar-refractivity contribution in [3.63, 3.8) is 0 Å². The molecule has 12 heavy (non-hydrogen) atoms. The third-order valence-electron chi connectivity index (χ3n) is 1.98. The molecule has 3 heteroatoms. The molecular formula is C9H19N3. The van der Waals surface area contributed by atoms with Crippen molar-refractivity contribution in [3.05, 3.63) is 11.3 Å². The molecule has 0 radical (unpaired) electrons.